The van der Waals surface area contributed by atoms with E-state index in [4.69, 9.17) is 23.8 Å². The van der Waals surface area contributed by atoms with E-state index < -0.39 is 0 Å². The molecule has 6 nitrogen and oxygen atoms in total. The van der Waals surface area contributed by atoms with E-state index in [-0.39, 0.29) is 0 Å². The molecule has 2 atom stereocenters. The largest absolute Gasteiger partial charge is 0.456 e. The lowest BCUT2D eigenvalue weighted by Gasteiger charge is -2.15. The lowest BCUT2D eigenvalue weighted by atomic mass is 9.92. The molecule has 2 aliphatic rings. The number of aromatic nitrogens is 4. The van der Waals surface area contributed by atoms with Crippen LogP contribution in [0, 0.1) is 11.8 Å². The average Bonchev–Trinajstić information content (AvgIpc) is 3.79. The van der Waals surface area contributed by atoms with Crippen LogP contribution in [-0.2, 0) is 0 Å². The Morgan fingerprint density at radius 2 is 1.04 bits per heavy atom. The van der Waals surface area contributed by atoms with Crippen LogP contribution in [0.4, 0.5) is 0 Å². The van der Waals surface area contributed by atoms with Gasteiger partial charge in [-0.25, -0.2) is 4.98 Å². The molecule has 13 aromatic rings. The summed E-state index contributed by atoms with van der Waals surface area (Å²) in [6.45, 7) is 0. The van der Waals surface area contributed by atoms with Crippen molar-refractivity contribution in [3.8, 4) is 61.8 Å². The highest BCUT2D eigenvalue weighted by Gasteiger charge is 2.36. The zero-order valence-electron chi connectivity index (χ0n) is 37.8. The van der Waals surface area contributed by atoms with E-state index >= 15 is 0 Å². The molecular weight excluding hydrogens is 857 g/mol. The molecule has 0 amide bonds. The Kier molecular flexibility index (Phi) is 8.45. The summed E-state index contributed by atoms with van der Waals surface area (Å²) in [5.41, 5.74) is 16.3. The summed E-state index contributed by atoms with van der Waals surface area (Å²) in [6.07, 6.45) is 8.02. The summed E-state index contributed by atoms with van der Waals surface area (Å²) >= 11 is 0. The number of benzene rings is 9. The summed E-state index contributed by atoms with van der Waals surface area (Å²) in [7, 11) is 0. The number of nitrogens with zero attached hydrogens (tertiary/aromatic N) is 4. The van der Waals surface area contributed by atoms with Crippen molar-refractivity contribution in [2.24, 2.45) is 11.8 Å². The first-order valence-corrected chi connectivity index (χ1v) is 24.0. The van der Waals surface area contributed by atoms with Gasteiger partial charge in [0.15, 0.2) is 11.6 Å². The Morgan fingerprint density at radius 3 is 1.87 bits per heavy atom. The number of allylic oxidation sites excluding steroid dienone is 4. The van der Waals surface area contributed by atoms with Crippen molar-refractivity contribution in [2.45, 2.75) is 6.42 Å². The maximum Gasteiger partial charge on any atom is 0.238 e. The van der Waals surface area contributed by atoms with Crippen LogP contribution in [0.1, 0.15) is 12.2 Å². The third kappa shape index (κ3) is 6.23. The molecule has 1 saturated carbocycles. The van der Waals surface area contributed by atoms with Crippen LogP contribution in [0.25, 0.3) is 133 Å². The zero-order valence-corrected chi connectivity index (χ0v) is 37.8. The lowest BCUT2D eigenvalue weighted by Crippen LogP contribution is -2.09. The number of fused-ring (bicyclic) bond motifs is 10. The highest BCUT2D eigenvalue weighted by atomic mass is 16.3. The van der Waals surface area contributed by atoms with E-state index in [2.05, 4.69) is 193 Å². The first-order chi connectivity index (χ1) is 34.6. The van der Waals surface area contributed by atoms with Gasteiger partial charge in [0.2, 0.25) is 5.95 Å². The minimum atomic E-state index is 0.513. The zero-order chi connectivity index (χ0) is 45.9. The third-order valence-corrected chi connectivity index (χ3v) is 14.5. The van der Waals surface area contributed by atoms with E-state index in [0.29, 0.717) is 29.4 Å². The second-order valence-corrected chi connectivity index (χ2v) is 18.7. The molecule has 0 N–H and O–H groups in total. The quantitative estimate of drug-likeness (QED) is 0.159. The number of para-hydroxylation sites is 3. The Morgan fingerprint density at radius 1 is 0.400 bits per heavy atom. The topological polar surface area (TPSA) is 69.9 Å². The van der Waals surface area contributed by atoms with Crippen molar-refractivity contribution < 1.29 is 8.83 Å². The maximum absolute atomic E-state index is 6.41. The molecule has 1 fully saturated rings. The minimum absolute atomic E-state index is 0.513. The van der Waals surface area contributed by atoms with Gasteiger partial charge in [-0.2, -0.15) is 9.97 Å². The number of hydrogen-bond donors (Lipinski definition) is 0. The van der Waals surface area contributed by atoms with E-state index in [1.807, 2.05) is 30.3 Å². The molecule has 6 heteroatoms. The number of rotatable bonds is 7. The standard InChI is InChI=1S/C64H40N4O2/c1-2-13-38(14-3-1)47-35-53(43-18-11-16-40(32-43)39-15-10-17-42(31-39)48-22-12-26-58-60(48)52-21-6-9-25-57(52)69-58)61-54(36-47)49-19-4-7-23-55(49)68(61)64-66-62(44-28-27-41-33-46(41)34-44)65-63(67-64)45-29-30-51-50-20-5-8-24-56(50)70-59(51)37-45/h1-32,34-37,41,46H,33H2. The van der Waals surface area contributed by atoms with Crippen molar-refractivity contribution in [1.29, 1.82) is 0 Å². The van der Waals surface area contributed by atoms with Crippen molar-refractivity contribution in [2.75, 3.05) is 0 Å². The highest BCUT2D eigenvalue weighted by Crippen LogP contribution is 2.47. The Labute approximate surface area is 402 Å². The van der Waals surface area contributed by atoms with Crippen LogP contribution in [0.5, 0.6) is 0 Å². The van der Waals surface area contributed by atoms with Crippen LogP contribution in [0.3, 0.4) is 0 Å². The lowest BCUT2D eigenvalue weighted by molar-refractivity contribution is 0.668. The van der Waals surface area contributed by atoms with Gasteiger partial charge in [0, 0.05) is 49.0 Å². The first kappa shape index (κ1) is 38.9. The molecule has 2 unspecified atom stereocenters. The van der Waals surface area contributed by atoms with Crippen LogP contribution >= 0.6 is 0 Å². The van der Waals surface area contributed by atoms with Gasteiger partial charge in [0.1, 0.15) is 22.3 Å². The fourth-order valence-corrected chi connectivity index (χ4v) is 11.0. The van der Waals surface area contributed by atoms with Gasteiger partial charge in [-0.1, -0.05) is 158 Å². The van der Waals surface area contributed by atoms with Gasteiger partial charge in [-0.3, -0.25) is 4.57 Å². The molecular formula is C64H40N4O2. The predicted molar refractivity (Wildman–Crippen MR) is 285 cm³/mol. The smallest absolute Gasteiger partial charge is 0.238 e. The van der Waals surface area contributed by atoms with Gasteiger partial charge >= 0.3 is 0 Å². The Bertz CT molecular complexity index is 4360. The summed E-state index contributed by atoms with van der Waals surface area (Å²) in [5, 5.41) is 6.62. The monoisotopic (exact) mass is 896 g/mol. The van der Waals surface area contributed by atoms with Crippen LogP contribution in [0.15, 0.2) is 227 Å². The first-order valence-electron chi connectivity index (χ1n) is 24.0. The van der Waals surface area contributed by atoms with Crippen molar-refractivity contribution in [1.82, 2.24) is 19.5 Å². The normalized spacial score (nSPS) is 15.4. The molecule has 0 spiro atoms. The van der Waals surface area contributed by atoms with Crippen LogP contribution < -0.4 is 0 Å². The molecule has 0 radical (unpaired) electrons. The minimum Gasteiger partial charge on any atom is -0.456 e. The molecule has 0 bridgehead atoms. The molecule has 0 aliphatic heterocycles. The molecule has 328 valence electrons. The molecule has 15 rings (SSSR count). The van der Waals surface area contributed by atoms with E-state index in [1.165, 1.54) is 0 Å². The fraction of sp³-hybridized carbons (Fsp3) is 0.0469. The SMILES string of the molecule is C1=CC2CC2C=C1c1nc(-c2ccc3c(c2)oc2ccccc23)nc(-n2c3ccccc3c3cc(-c4ccccc4)cc(-c4cccc(-c5cccc(-c6cccc7oc8ccccc8c67)c5)c4)c32)n1. The van der Waals surface area contributed by atoms with Crippen molar-refractivity contribution in [3.63, 3.8) is 0 Å². The van der Waals surface area contributed by atoms with Crippen LogP contribution in [0.2, 0.25) is 0 Å². The predicted octanol–water partition coefficient (Wildman–Crippen LogP) is 16.7. The fourth-order valence-electron chi connectivity index (χ4n) is 11.0. The molecule has 70 heavy (non-hydrogen) atoms. The van der Waals surface area contributed by atoms with Crippen molar-refractivity contribution >= 4 is 71.3 Å². The number of furan rings is 2. The maximum atomic E-state index is 6.41. The van der Waals surface area contributed by atoms with Gasteiger partial charge in [-0.15, -0.1) is 0 Å². The molecule has 2 aliphatic carbocycles. The van der Waals surface area contributed by atoms with E-state index in [0.717, 1.165) is 128 Å². The van der Waals surface area contributed by atoms with E-state index in [1.54, 1.807) is 0 Å². The number of hydrogen-bond acceptors (Lipinski definition) is 5. The van der Waals surface area contributed by atoms with Gasteiger partial charge < -0.3 is 8.83 Å². The molecule has 4 aromatic heterocycles. The second kappa shape index (κ2) is 15.2. The summed E-state index contributed by atoms with van der Waals surface area (Å²) in [4.78, 5) is 16.1. The summed E-state index contributed by atoms with van der Waals surface area (Å²) in [5.74, 6) is 2.91. The van der Waals surface area contributed by atoms with Gasteiger partial charge in [0.25, 0.3) is 0 Å². The van der Waals surface area contributed by atoms with E-state index in [9.17, 15) is 0 Å². The molecule has 4 heterocycles. The molecule has 9 aromatic carbocycles. The average molecular weight is 897 g/mol. The summed E-state index contributed by atoms with van der Waals surface area (Å²) in [6, 6.07) is 70.9. The third-order valence-electron chi connectivity index (χ3n) is 14.5. The second-order valence-electron chi connectivity index (χ2n) is 18.7. The van der Waals surface area contributed by atoms with Crippen molar-refractivity contribution in [3.05, 3.63) is 224 Å². The highest BCUT2D eigenvalue weighted by molar-refractivity contribution is 6.16. The Hall–Kier alpha value is -9.13. The summed E-state index contributed by atoms with van der Waals surface area (Å²) < 4.78 is 15.0. The van der Waals surface area contributed by atoms with Gasteiger partial charge in [-0.05, 0) is 118 Å². The van der Waals surface area contributed by atoms with Gasteiger partial charge in [0.05, 0.1) is 11.0 Å². The Balaban J connectivity index is 0.951. The van der Waals surface area contributed by atoms with Crippen LogP contribution in [-0.4, -0.2) is 19.5 Å². The molecule has 0 saturated heterocycles.